The van der Waals surface area contributed by atoms with Crippen LogP contribution in [-0.4, -0.2) is 35.2 Å². The molecule has 0 atom stereocenters. The summed E-state index contributed by atoms with van der Waals surface area (Å²) in [5.74, 6) is 0.423. The molecule has 0 aliphatic rings. The van der Waals surface area contributed by atoms with Crippen molar-refractivity contribution in [1.82, 2.24) is 35.2 Å². The summed E-state index contributed by atoms with van der Waals surface area (Å²) in [6, 6.07) is 11.8. The van der Waals surface area contributed by atoms with Crippen molar-refractivity contribution < 1.29 is 0 Å². The second kappa shape index (κ2) is 5.62. The number of aromatic nitrogens is 7. The number of nitrogens with two attached hydrogens (primary N) is 1. The van der Waals surface area contributed by atoms with E-state index >= 15 is 0 Å². The first kappa shape index (κ1) is 14.5. The number of fused-ring (bicyclic) bond motifs is 2. The molecule has 0 fully saturated rings. The zero-order chi connectivity index (χ0) is 17.5. The second-order valence-corrected chi connectivity index (χ2v) is 6.02. The SMILES string of the molecule is Nc1cc(Cc2cnn(-c3cccc4cccnc34)c2)c2n[nH]nc2n1. The molecule has 1 aromatic carbocycles. The van der Waals surface area contributed by atoms with Gasteiger partial charge < -0.3 is 5.73 Å². The summed E-state index contributed by atoms with van der Waals surface area (Å²) in [6.07, 6.45) is 6.25. The van der Waals surface area contributed by atoms with Crippen molar-refractivity contribution in [3.63, 3.8) is 0 Å². The number of nitrogens with zero attached hydrogens (tertiary/aromatic N) is 6. The van der Waals surface area contributed by atoms with Crippen molar-refractivity contribution in [3.05, 3.63) is 66.1 Å². The molecule has 26 heavy (non-hydrogen) atoms. The van der Waals surface area contributed by atoms with Gasteiger partial charge in [-0.1, -0.05) is 18.2 Å². The van der Waals surface area contributed by atoms with Crippen molar-refractivity contribution in [2.24, 2.45) is 0 Å². The summed E-state index contributed by atoms with van der Waals surface area (Å²) in [5, 5.41) is 16.4. The van der Waals surface area contributed by atoms with Gasteiger partial charge in [0.1, 0.15) is 11.3 Å². The van der Waals surface area contributed by atoms with E-state index in [2.05, 4.69) is 30.5 Å². The van der Waals surface area contributed by atoms with Crippen LogP contribution >= 0.6 is 0 Å². The number of para-hydroxylation sites is 1. The molecule has 5 rings (SSSR count). The van der Waals surface area contributed by atoms with E-state index in [-0.39, 0.29) is 0 Å². The highest BCUT2D eigenvalue weighted by atomic mass is 15.3. The Bertz CT molecular complexity index is 1230. The van der Waals surface area contributed by atoms with Gasteiger partial charge in [-0.15, -0.1) is 5.10 Å². The topological polar surface area (TPSA) is 111 Å². The van der Waals surface area contributed by atoms with Crippen LogP contribution in [0.25, 0.3) is 27.8 Å². The molecule has 4 aromatic heterocycles. The van der Waals surface area contributed by atoms with Gasteiger partial charge in [0, 0.05) is 24.2 Å². The number of hydrogen-bond donors (Lipinski definition) is 2. The Labute approximate surface area is 147 Å². The summed E-state index contributed by atoms with van der Waals surface area (Å²) >= 11 is 0. The Hall–Kier alpha value is -3.81. The molecule has 0 aliphatic carbocycles. The molecule has 0 saturated heterocycles. The van der Waals surface area contributed by atoms with Crippen LogP contribution < -0.4 is 5.73 Å². The zero-order valence-corrected chi connectivity index (χ0v) is 13.7. The molecule has 0 radical (unpaired) electrons. The van der Waals surface area contributed by atoms with E-state index in [1.165, 1.54) is 0 Å². The van der Waals surface area contributed by atoms with Gasteiger partial charge in [0.2, 0.25) is 5.65 Å². The van der Waals surface area contributed by atoms with E-state index in [0.29, 0.717) is 17.9 Å². The standard InChI is InChI=1S/C18H14N8/c19-15-8-13(17-18(22-15)24-25-23-17)7-11-9-21-26(10-11)14-5-1-3-12-4-2-6-20-16(12)14/h1-6,8-10H,7H2,(H3,19,22,23,24,25). The van der Waals surface area contributed by atoms with Crippen LogP contribution in [0.3, 0.4) is 0 Å². The number of anilines is 1. The first-order valence-electron chi connectivity index (χ1n) is 8.11. The van der Waals surface area contributed by atoms with E-state index in [1.54, 1.807) is 6.20 Å². The van der Waals surface area contributed by atoms with E-state index < -0.39 is 0 Å². The molecule has 4 heterocycles. The predicted octanol–water partition coefficient (Wildman–Crippen LogP) is 2.26. The second-order valence-electron chi connectivity index (χ2n) is 6.02. The third-order valence-corrected chi connectivity index (χ3v) is 4.28. The van der Waals surface area contributed by atoms with Crippen LogP contribution in [0.5, 0.6) is 0 Å². The minimum absolute atomic E-state index is 0.423. The average molecular weight is 342 g/mol. The van der Waals surface area contributed by atoms with E-state index in [0.717, 1.165) is 33.2 Å². The van der Waals surface area contributed by atoms with E-state index in [9.17, 15) is 0 Å². The molecular weight excluding hydrogens is 328 g/mol. The maximum absolute atomic E-state index is 5.87. The number of hydrogen-bond acceptors (Lipinski definition) is 6. The number of rotatable bonds is 3. The van der Waals surface area contributed by atoms with Crippen molar-refractivity contribution in [1.29, 1.82) is 0 Å². The van der Waals surface area contributed by atoms with Gasteiger partial charge in [-0.3, -0.25) is 4.98 Å². The molecule has 3 N–H and O–H groups in total. The van der Waals surface area contributed by atoms with Gasteiger partial charge in [0.25, 0.3) is 0 Å². The van der Waals surface area contributed by atoms with Gasteiger partial charge in [-0.05, 0) is 29.3 Å². The summed E-state index contributed by atoms with van der Waals surface area (Å²) in [6.45, 7) is 0. The fraction of sp³-hybridized carbons (Fsp3) is 0.0556. The fourth-order valence-electron chi connectivity index (χ4n) is 3.13. The summed E-state index contributed by atoms with van der Waals surface area (Å²) < 4.78 is 1.84. The Morgan fingerprint density at radius 2 is 2.00 bits per heavy atom. The van der Waals surface area contributed by atoms with Crippen LogP contribution in [0, 0.1) is 0 Å². The predicted molar refractivity (Wildman–Crippen MR) is 97.8 cm³/mol. The van der Waals surface area contributed by atoms with E-state index in [4.69, 9.17) is 5.73 Å². The van der Waals surface area contributed by atoms with Gasteiger partial charge in [0.05, 0.1) is 17.4 Å². The monoisotopic (exact) mass is 342 g/mol. The highest BCUT2D eigenvalue weighted by Gasteiger charge is 2.11. The van der Waals surface area contributed by atoms with Gasteiger partial charge in [-0.2, -0.15) is 15.4 Å². The Morgan fingerprint density at radius 1 is 1.08 bits per heavy atom. The lowest BCUT2D eigenvalue weighted by molar-refractivity contribution is 0.884. The molecule has 0 aliphatic heterocycles. The third-order valence-electron chi connectivity index (χ3n) is 4.28. The first-order chi connectivity index (χ1) is 12.8. The van der Waals surface area contributed by atoms with Crippen LogP contribution in [0.2, 0.25) is 0 Å². The highest BCUT2D eigenvalue weighted by Crippen LogP contribution is 2.22. The summed E-state index contributed by atoms with van der Waals surface area (Å²) in [7, 11) is 0. The lowest BCUT2D eigenvalue weighted by atomic mass is 10.1. The number of nitrogens with one attached hydrogen (secondary N) is 1. The number of nitrogen functional groups attached to an aromatic ring is 1. The Morgan fingerprint density at radius 3 is 2.96 bits per heavy atom. The number of pyridine rings is 2. The molecule has 0 amide bonds. The minimum atomic E-state index is 0.423. The van der Waals surface area contributed by atoms with Gasteiger partial charge in [0.15, 0.2) is 0 Å². The van der Waals surface area contributed by atoms with Gasteiger partial charge >= 0.3 is 0 Å². The molecule has 8 heteroatoms. The molecule has 126 valence electrons. The van der Waals surface area contributed by atoms with Crippen molar-refractivity contribution in [2.45, 2.75) is 6.42 Å². The molecular formula is C18H14N8. The first-order valence-corrected chi connectivity index (χ1v) is 8.11. The average Bonchev–Trinajstić information content (AvgIpc) is 3.30. The largest absolute Gasteiger partial charge is 0.384 e. The number of benzene rings is 1. The number of H-pyrrole nitrogens is 1. The lowest BCUT2D eigenvalue weighted by Crippen LogP contribution is -1.97. The molecule has 0 bridgehead atoms. The minimum Gasteiger partial charge on any atom is -0.384 e. The Balaban J connectivity index is 1.55. The Kier molecular flexibility index (Phi) is 3.14. The summed E-state index contributed by atoms with van der Waals surface area (Å²) in [4.78, 5) is 8.66. The fourth-order valence-corrected chi connectivity index (χ4v) is 3.13. The van der Waals surface area contributed by atoms with Crippen molar-refractivity contribution in [2.75, 3.05) is 5.73 Å². The van der Waals surface area contributed by atoms with Crippen molar-refractivity contribution in [3.8, 4) is 5.69 Å². The molecule has 0 unspecified atom stereocenters. The lowest BCUT2D eigenvalue weighted by Gasteiger charge is -2.05. The van der Waals surface area contributed by atoms with Crippen LogP contribution in [0.15, 0.2) is 55.0 Å². The maximum atomic E-state index is 5.87. The van der Waals surface area contributed by atoms with Crippen LogP contribution in [0.4, 0.5) is 5.82 Å². The maximum Gasteiger partial charge on any atom is 0.203 e. The quantitative estimate of drug-likeness (QED) is 0.520. The van der Waals surface area contributed by atoms with Crippen molar-refractivity contribution >= 4 is 27.9 Å². The van der Waals surface area contributed by atoms with Crippen LogP contribution in [0.1, 0.15) is 11.1 Å². The smallest absolute Gasteiger partial charge is 0.203 e. The van der Waals surface area contributed by atoms with E-state index in [1.807, 2.05) is 53.5 Å². The molecule has 5 aromatic rings. The zero-order valence-electron chi connectivity index (χ0n) is 13.7. The highest BCUT2D eigenvalue weighted by molar-refractivity contribution is 5.86. The van der Waals surface area contributed by atoms with Crippen LogP contribution in [-0.2, 0) is 6.42 Å². The summed E-state index contributed by atoms with van der Waals surface area (Å²) in [5.41, 5.74) is 11.0. The number of aromatic amines is 1. The van der Waals surface area contributed by atoms with Gasteiger partial charge in [-0.25, -0.2) is 9.67 Å². The normalized spacial score (nSPS) is 11.4. The third kappa shape index (κ3) is 2.35. The molecule has 0 spiro atoms. The molecule has 8 nitrogen and oxygen atoms in total. The molecule has 0 saturated carbocycles.